The molecule has 0 unspecified atom stereocenters. The maximum absolute atomic E-state index is 12.0. The second-order valence-corrected chi connectivity index (χ2v) is 6.06. The third-order valence-electron chi connectivity index (χ3n) is 3.30. The molecule has 7 heteroatoms. The van der Waals surface area contributed by atoms with Crippen LogP contribution in [0.2, 0.25) is 0 Å². The minimum Gasteiger partial charge on any atom is -0.463 e. The van der Waals surface area contributed by atoms with E-state index in [0.29, 0.717) is 23.1 Å². The third-order valence-corrected chi connectivity index (χ3v) is 4.12. The fourth-order valence-corrected chi connectivity index (χ4v) is 2.95. The van der Waals surface area contributed by atoms with Crippen LogP contribution in [-0.4, -0.2) is 20.7 Å². The number of aromatic nitrogens is 3. The van der Waals surface area contributed by atoms with Gasteiger partial charge in [0.15, 0.2) is 5.76 Å². The second kappa shape index (κ2) is 6.78. The van der Waals surface area contributed by atoms with Crippen molar-refractivity contribution < 1.29 is 9.21 Å². The molecule has 3 aromatic heterocycles. The van der Waals surface area contributed by atoms with Crippen molar-refractivity contribution in [1.82, 2.24) is 14.8 Å². The van der Waals surface area contributed by atoms with E-state index in [1.807, 2.05) is 30.5 Å². The van der Waals surface area contributed by atoms with Crippen LogP contribution in [0.5, 0.6) is 0 Å². The fraction of sp³-hybridized carbons (Fsp3) is 0.312. The fourth-order valence-electron chi connectivity index (χ4n) is 2.18. The van der Waals surface area contributed by atoms with Gasteiger partial charge in [0.1, 0.15) is 11.5 Å². The summed E-state index contributed by atoms with van der Waals surface area (Å²) < 4.78 is 7.02. The number of nitrogens with zero attached hydrogens (tertiary/aromatic N) is 3. The van der Waals surface area contributed by atoms with Crippen LogP contribution in [0.25, 0.3) is 16.6 Å². The molecule has 0 bridgehead atoms. The summed E-state index contributed by atoms with van der Waals surface area (Å²) >= 11 is 1.45. The Labute approximate surface area is 138 Å². The minimum absolute atomic E-state index is 0.00388. The first-order valence-electron chi connectivity index (χ1n) is 7.53. The van der Waals surface area contributed by atoms with Gasteiger partial charge in [0.05, 0.1) is 12.0 Å². The molecule has 120 valence electrons. The van der Waals surface area contributed by atoms with E-state index in [1.54, 1.807) is 10.9 Å². The zero-order valence-electron chi connectivity index (χ0n) is 13.1. The number of furan rings is 1. The smallest absolute Gasteiger partial charge is 0.225 e. The number of anilines is 1. The van der Waals surface area contributed by atoms with Crippen LogP contribution in [0.15, 0.2) is 34.3 Å². The monoisotopic (exact) mass is 330 g/mol. The molecule has 0 aromatic carbocycles. The average molecular weight is 330 g/mol. The summed E-state index contributed by atoms with van der Waals surface area (Å²) in [6.07, 6.45) is 3.99. The van der Waals surface area contributed by atoms with Gasteiger partial charge < -0.3 is 9.73 Å². The molecule has 0 aliphatic carbocycles. The third kappa shape index (κ3) is 3.50. The second-order valence-electron chi connectivity index (χ2n) is 5.23. The van der Waals surface area contributed by atoms with E-state index >= 15 is 0 Å². The summed E-state index contributed by atoms with van der Waals surface area (Å²) in [4.78, 5) is 16.5. The zero-order chi connectivity index (χ0) is 16.2. The highest BCUT2D eigenvalue weighted by Gasteiger charge is 2.15. The van der Waals surface area contributed by atoms with Gasteiger partial charge in [-0.15, -0.1) is 11.3 Å². The molecule has 0 saturated heterocycles. The maximum atomic E-state index is 12.0. The van der Waals surface area contributed by atoms with E-state index in [-0.39, 0.29) is 5.91 Å². The number of thiazole rings is 1. The Balaban J connectivity index is 1.84. The first-order valence-corrected chi connectivity index (χ1v) is 8.41. The molecular formula is C16H18N4O2S. The lowest BCUT2D eigenvalue weighted by atomic mass is 10.2. The summed E-state index contributed by atoms with van der Waals surface area (Å²) in [6, 6.07) is 5.53. The Hall–Kier alpha value is -2.41. The molecule has 3 rings (SSSR count). The van der Waals surface area contributed by atoms with Crippen molar-refractivity contribution in [3.63, 3.8) is 0 Å². The van der Waals surface area contributed by atoms with Crippen LogP contribution in [0.4, 0.5) is 5.82 Å². The summed E-state index contributed by atoms with van der Waals surface area (Å²) in [6.45, 7) is 3.95. The minimum atomic E-state index is -0.00388. The molecule has 3 heterocycles. The van der Waals surface area contributed by atoms with Crippen molar-refractivity contribution in [3.8, 4) is 16.6 Å². The van der Waals surface area contributed by atoms with Gasteiger partial charge in [-0.25, -0.2) is 4.98 Å². The van der Waals surface area contributed by atoms with Gasteiger partial charge in [0.2, 0.25) is 11.0 Å². The van der Waals surface area contributed by atoms with E-state index in [2.05, 4.69) is 22.3 Å². The predicted molar refractivity (Wildman–Crippen MR) is 89.8 cm³/mol. The molecule has 0 fully saturated rings. The van der Waals surface area contributed by atoms with Crippen molar-refractivity contribution in [3.05, 3.63) is 35.5 Å². The Morgan fingerprint density at radius 1 is 1.48 bits per heavy atom. The Bertz CT molecular complexity index is 789. The number of amides is 1. The van der Waals surface area contributed by atoms with Crippen molar-refractivity contribution in [2.75, 3.05) is 5.32 Å². The van der Waals surface area contributed by atoms with E-state index in [1.165, 1.54) is 11.3 Å². The van der Waals surface area contributed by atoms with Crippen molar-refractivity contribution >= 4 is 23.1 Å². The van der Waals surface area contributed by atoms with Crippen molar-refractivity contribution in [2.45, 2.75) is 33.1 Å². The number of carbonyl (C=O) groups excluding carboxylic acids is 1. The lowest BCUT2D eigenvalue weighted by molar-refractivity contribution is -0.116. The summed E-state index contributed by atoms with van der Waals surface area (Å²) in [5, 5.41) is 9.94. The van der Waals surface area contributed by atoms with Crippen LogP contribution < -0.4 is 5.32 Å². The summed E-state index contributed by atoms with van der Waals surface area (Å²) in [5.74, 6) is 1.35. The van der Waals surface area contributed by atoms with Crippen LogP contribution in [0, 0.1) is 6.92 Å². The SMILES string of the molecule is CCCCC(=O)Nc1cc(C)nn1-c1nc(-c2ccco2)cs1. The first kappa shape index (κ1) is 15.5. The van der Waals surface area contributed by atoms with Crippen molar-refractivity contribution in [2.24, 2.45) is 0 Å². The normalized spacial score (nSPS) is 10.9. The van der Waals surface area contributed by atoms with Crippen LogP contribution in [0.1, 0.15) is 31.9 Å². The zero-order valence-corrected chi connectivity index (χ0v) is 13.9. The molecule has 3 aromatic rings. The maximum Gasteiger partial charge on any atom is 0.225 e. The van der Waals surface area contributed by atoms with Gasteiger partial charge >= 0.3 is 0 Å². The quantitative estimate of drug-likeness (QED) is 0.740. The number of rotatable bonds is 6. The van der Waals surface area contributed by atoms with Crippen molar-refractivity contribution in [1.29, 1.82) is 0 Å². The number of hydrogen-bond donors (Lipinski definition) is 1. The lowest BCUT2D eigenvalue weighted by Gasteiger charge is -2.05. The molecule has 1 N–H and O–H groups in total. The lowest BCUT2D eigenvalue weighted by Crippen LogP contribution is -2.14. The number of hydrogen-bond acceptors (Lipinski definition) is 5. The molecule has 0 spiro atoms. The molecule has 0 saturated carbocycles. The highest BCUT2D eigenvalue weighted by molar-refractivity contribution is 7.12. The molecular weight excluding hydrogens is 312 g/mol. The van der Waals surface area contributed by atoms with Gasteiger partial charge in [0.25, 0.3) is 0 Å². The van der Waals surface area contributed by atoms with Gasteiger partial charge in [-0.05, 0) is 25.5 Å². The van der Waals surface area contributed by atoms with E-state index in [0.717, 1.165) is 24.2 Å². The number of carbonyl (C=O) groups is 1. The molecule has 0 aliphatic rings. The standard InChI is InChI=1S/C16H18N4O2S/c1-3-4-7-15(21)18-14-9-11(2)19-20(14)16-17-12(10-23-16)13-6-5-8-22-13/h5-6,8-10H,3-4,7H2,1-2H3,(H,18,21). The van der Waals surface area contributed by atoms with Gasteiger partial charge in [-0.1, -0.05) is 13.3 Å². The molecule has 23 heavy (non-hydrogen) atoms. The summed E-state index contributed by atoms with van der Waals surface area (Å²) in [5.41, 5.74) is 1.58. The molecule has 1 amide bonds. The Morgan fingerprint density at radius 2 is 2.35 bits per heavy atom. The average Bonchev–Trinajstić information content (AvgIpc) is 3.24. The predicted octanol–water partition coefficient (Wildman–Crippen LogP) is 4.03. The van der Waals surface area contributed by atoms with E-state index in [4.69, 9.17) is 4.42 Å². The highest BCUT2D eigenvalue weighted by Crippen LogP contribution is 2.26. The van der Waals surface area contributed by atoms with E-state index < -0.39 is 0 Å². The van der Waals surface area contributed by atoms with Crippen LogP contribution in [-0.2, 0) is 4.79 Å². The van der Waals surface area contributed by atoms with Gasteiger partial charge in [0, 0.05) is 17.9 Å². The number of aryl methyl sites for hydroxylation is 1. The molecule has 0 radical (unpaired) electrons. The van der Waals surface area contributed by atoms with E-state index in [9.17, 15) is 4.79 Å². The van der Waals surface area contributed by atoms with Gasteiger partial charge in [-0.2, -0.15) is 9.78 Å². The first-order chi connectivity index (χ1) is 11.2. The highest BCUT2D eigenvalue weighted by atomic mass is 32.1. The number of nitrogens with one attached hydrogen (secondary N) is 1. The molecule has 0 aliphatic heterocycles. The molecule has 0 atom stereocenters. The largest absolute Gasteiger partial charge is 0.463 e. The van der Waals surface area contributed by atoms with Crippen LogP contribution in [0.3, 0.4) is 0 Å². The summed E-state index contributed by atoms with van der Waals surface area (Å²) in [7, 11) is 0. The Morgan fingerprint density at radius 3 is 3.09 bits per heavy atom. The van der Waals surface area contributed by atoms with Gasteiger partial charge in [-0.3, -0.25) is 4.79 Å². The number of unbranched alkanes of at least 4 members (excludes halogenated alkanes) is 1. The Kier molecular flexibility index (Phi) is 4.57. The topological polar surface area (TPSA) is 73.0 Å². The molecule has 6 nitrogen and oxygen atoms in total. The van der Waals surface area contributed by atoms with Crippen LogP contribution >= 0.6 is 11.3 Å².